The van der Waals surface area contributed by atoms with Gasteiger partial charge in [0.1, 0.15) is 13.2 Å². The largest absolute Gasteiger partial charge is 0.485 e. The minimum absolute atomic E-state index is 0.0295. The van der Waals surface area contributed by atoms with E-state index in [1.165, 1.54) is 29.4 Å². The van der Waals surface area contributed by atoms with Crippen molar-refractivity contribution in [1.29, 1.82) is 0 Å². The number of ether oxygens (including phenoxy) is 2. The molecule has 1 aromatic carbocycles. The van der Waals surface area contributed by atoms with E-state index in [2.05, 4.69) is 31.5 Å². The fraction of sp³-hybridized carbons (Fsp3) is 0.318. The SMILES string of the molecule is C=CCOc1c(OC/C=C(\C)CCC=C(C)C)c2ccc([N+](=O)[O-])cc2[nH]c1=O. The molecule has 0 radical (unpaired) electrons. The van der Waals surface area contributed by atoms with E-state index in [9.17, 15) is 14.9 Å². The molecule has 2 aromatic rings. The standard InChI is InChI=1S/C22H26N2O5/c1-5-12-28-21-20(29-13-11-16(4)8-6-7-15(2)3)18-10-9-17(24(26)27)14-19(18)23-22(21)25/h5,7,9-11,14H,1,6,8,12-13H2,2-4H3,(H,23,25)/b16-11+. The van der Waals surface area contributed by atoms with Crippen molar-refractivity contribution in [3.8, 4) is 11.5 Å². The summed E-state index contributed by atoms with van der Waals surface area (Å²) in [5.74, 6) is 0.288. The Morgan fingerprint density at radius 3 is 2.55 bits per heavy atom. The number of fused-ring (bicyclic) bond motifs is 1. The number of nitrogens with one attached hydrogen (secondary N) is 1. The molecule has 0 saturated carbocycles. The Bertz CT molecular complexity index is 1010. The summed E-state index contributed by atoms with van der Waals surface area (Å²) in [6.07, 6.45) is 7.52. The first-order valence-electron chi connectivity index (χ1n) is 9.33. The van der Waals surface area contributed by atoms with Gasteiger partial charge in [-0.2, -0.15) is 0 Å². The van der Waals surface area contributed by atoms with Crippen molar-refractivity contribution >= 4 is 16.6 Å². The van der Waals surface area contributed by atoms with E-state index in [4.69, 9.17) is 9.47 Å². The van der Waals surface area contributed by atoms with E-state index in [1.54, 1.807) is 6.07 Å². The van der Waals surface area contributed by atoms with Crippen molar-refractivity contribution in [2.45, 2.75) is 33.6 Å². The first-order chi connectivity index (χ1) is 13.8. The molecule has 0 aliphatic rings. The lowest BCUT2D eigenvalue weighted by Crippen LogP contribution is -2.14. The summed E-state index contributed by atoms with van der Waals surface area (Å²) >= 11 is 0. The van der Waals surface area contributed by atoms with Gasteiger partial charge in [0.05, 0.1) is 10.4 Å². The maximum absolute atomic E-state index is 12.5. The second-order valence-corrected chi connectivity index (χ2v) is 6.88. The summed E-state index contributed by atoms with van der Waals surface area (Å²) < 4.78 is 11.4. The summed E-state index contributed by atoms with van der Waals surface area (Å²) in [4.78, 5) is 25.6. The molecule has 0 amide bonds. The van der Waals surface area contributed by atoms with Crippen molar-refractivity contribution in [3.05, 3.63) is 74.6 Å². The van der Waals surface area contributed by atoms with Crippen LogP contribution in [0.3, 0.4) is 0 Å². The fourth-order valence-corrected chi connectivity index (χ4v) is 2.73. The van der Waals surface area contributed by atoms with Gasteiger partial charge in [-0.05, 0) is 45.8 Å². The van der Waals surface area contributed by atoms with Crippen LogP contribution in [0.2, 0.25) is 0 Å². The molecular formula is C22H26N2O5. The van der Waals surface area contributed by atoms with Gasteiger partial charge in [-0.1, -0.05) is 29.9 Å². The third-order valence-corrected chi connectivity index (χ3v) is 4.22. The van der Waals surface area contributed by atoms with E-state index < -0.39 is 10.5 Å². The van der Waals surface area contributed by atoms with Gasteiger partial charge in [0, 0.05) is 17.5 Å². The van der Waals surface area contributed by atoms with Gasteiger partial charge in [-0.15, -0.1) is 0 Å². The number of nitrogens with zero attached hydrogens (tertiary/aromatic N) is 1. The van der Waals surface area contributed by atoms with Crippen LogP contribution < -0.4 is 15.0 Å². The molecule has 0 aliphatic carbocycles. The summed E-state index contributed by atoms with van der Waals surface area (Å²) in [6.45, 7) is 10.1. The lowest BCUT2D eigenvalue weighted by molar-refractivity contribution is -0.384. The van der Waals surface area contributed by atoms with Gasteiger partial charge in [0.15, 0.2) is 5.75 Å². The lowest BCUT2D eigenvalue weighted by atomic mass is 10.1. The van der Waals surface area contributed by atoms with E-state index in [-0.39, 0.29) is 30.4 Å². The minimum atomic E-state index is -0.515. The number of hydrogen-bond donors (Lipinski definition) is 1. The van der Waals surface area contributed by atoms with Crippen LogP contribution in [0.25, 0.3) is 10.9 Å². The number of rotatable bonds is 10. The summed E-state index contributed by atoms with van der Waals surface area (Å²) in [7, 11) is 0. The molecule has 7 nitrogen and oxygen atoms in total. The van der Waals surface area contributed by atoms with Crippen LogP contribution in [-0.2, 0) is 0 Å². The van der Waals surface area contributed by atoms with Crippen molar-refractivity contribution in [1.82, 2.24) is 4.98 Å². The molecule has 2 rings (SSSR count). The van der Waals surface area contributed by atoms with Gasteiger partial charge >= 0.3 is 0 Å². The smallest absolute Gasteiger partial charge is 0.294 e. The normalized spacial score (nSPS) is 11.2. The number of hydrogen-bond acceptors (Lipinski definition) is 5. The van der Waals surface area contributed by atoms with Gasteiger partial charge in [-0.3, -0.25) is 14.9 Å². The van der Waals surface area contributed by atoms with Gasteiger partial charge < -0.3 is 14.5 Å². The zero-order valence-corrected chi connectivity index (χ0v) is 17.0. The van der Waals surface area contributed by atoms with Crippen LogP contribution in [0, 0.1) is 10.1 Å². The molecule has 0 bridgehead atoms. The van der Waals surface area contributed by atoms with Crippen molar-refractivity contribution in [2.75, 3.05) is 13.2 Å². The Balaban J connectivity index is 2.34. The molecule has 7 heteroatoms. The number of allylic oxidation sites excluding steroid dienone is 3. The second kappa shape index (κ2) is 10.3. The Labute approximate surface area is 169 Å². The second-order valence-electron chi connectivity index (χ2n) is 6.88. The molecule has 1 N–H and O–H groups in total. The number of aromatic amines is 1. The molecule has 0 spiro atoms. The summed E-state index contributed by atoms with van der Waals surface area (Å²) in [5, 5.41) is 11.6. The molecule has 0 aliphatic heterocycles. The van der Waals surface area contributed by atoms with E-state index in [1.807, 2.05) is 13.0 Å². The molecule has 0 saturated heterocycles. The number of benzene rings is 1. The average Bonchev–Trinajstić information content (AvgIpc) is 2.66. The number of non-ortho nitro benzene ring substituents is 1. The Morgan fingerprint density at radius 2 is 1.90 bits per heavy atom. The predicted octanol–water partition coefficient (Wildman–Crippen LogP) is 5.07. The fourth-order valence-electron chi connectivity index (χ4n) is 2.73. The first kappa shape index (κ1) is 21.9. The van der Waals surface area contributed by atoms with Crippen LogP contribution in [0.15, 0.2) is 58.9 Å². The van der Waals surface area contributed by atoms with Crippen molar-refractivity contribution in [3.63, 3.8) is 0 Å². The quantitative estimate of drug-likeness (QED) is 0.342. The van der Waals surface area contributed by atoms with E-state index in [0.29, 0.717) is 10.9 Å². The highest BCUT2D eigenvalue weighted by Crippen LogP contribution is 2.33. The Kier molecular flexibility index (Phi) is 7.77. The van der Waals surface area contributed by atoms with Crippen molar-refractivity contribution in [2.24, 2.45) is 0 Å². The van der Waals surface area contributed by atoms with E-state index >= 15 is 0 Å². The number of nitro benzene ring substituents is 1. The van der Waals surface area contributed by atoms with Crippen LogP contribution in [0.4, 0.5) is 5.69 Å². The molecule has 0 fully saturated rings. The predicted molar refractivity (Wildman–Crippen MR) is 115 cm³/mol. The molecular weight excluding hydrogens is 372 g/mol. The Hall–Kier alpha value is -3.35. The third kappa shape index (κ3) is 6.07. The van der Waals surface area contributed by atoms with Crippen LogP contribution in [0.1, 0.15) is 33.6 Å². The maximum Gasteiger partial charge on any atom is 0.294 e. The van der Waals surface area contributed by atoms with Crippen molar-refractivity contribution < 1.29 is 14.4 Å². The third-order valence-electron chi connectivity index (χ3n) is 4.22. The number of nitro groups is 1. The van der Waals surface area contributed by atoms with Crippen LogP contribution >= 0.6 is 0 Å². The topological polar surface area (TPSA) is 94.5 Å². The number of pyridine rings is 1. The molecule has 1 aromatic heterocycles. The first-order valence-corrected chi connectivity index (χ1v) is 9.33. The molecule has 0 unspecified atom stereocenters. The summed E-state index contributed by atoms with van der Waals surface area (Å²) in [5.41, 5.74) is 2.13. The minimum Gasteiger partial charge on any atom is -0.485 e. The monoisotopic (exact) mass is 398 g/mol. The van der Waals surface area contributed by atoms with Gasteiger partial charge in [0.25, 0.3) is 11.2 Å². The van der Waals surface area contributed by atoms with Crippen LogP contribution in [-0.4, -0.2) is 23.1 Å². The number of aromatic nitrogens is 1. The van der Waals surface area contributed by atoms with Crippen LogP contribution in [0.5, 0.6) is 11.5 Å². The Morgan fingerprint density at radius 1 is 1.17 bits per heavy atom. The average molecular weight is 398 g/mol. The zero-order valence-electron chi connectivity index (χ0n) is 17.0. The zero-order chi connectivity index (χ0) is 21.4. The highest BCUT2D eigenvalue weighted by molar-refractivity contribution is 5.88. The maximum atomic E-state index is 12.5. The van der Waals surface area contributed by atoms with E-state index in [0.717, 1.165) is 12.8 Å². The number of H-pyrrole nitrogens is 1. The summed E-state index contributed by atoms with van der Waals surface area (Å²) in [6, 6.07) is 4.22. The molecule has 1 heterocycles. The van der Waals surface area contributed by atoms with Gasteiger partial charge in [0.2, 0.25) is 5.75 Å². The lowest BCUT2D eigenvalue weighted by Gasteiger charge is -2.13. The molecule has 154 valence electrons. The molecule has 0 atom stereocenters. The highest BCUT2D eigenvalue weighted by atomic mass is 16.6. The molecule has 29 heavy (non-hydrogen) atoms. The van der Waals surface area contributed by atoms with Gasteiger partial charge in [-0.25, -0.2) is 0 Å². The highest BCUT2D eigenvalue weighted by Gasteiger charge is 2.17.